The van der Waals surface area contributed by atoms with Crippen LogP contribution in [0, 0.1) is 30.6 Å². The van der Waals surface area contributed by atoms with Crippen LogP contribution in [0.25, 0.3) is 0 Å². The highest BCUT2D eigenvalue weighted by atomic mass is 16.6. The van der Waals surface area contributed by atoms with E-state index in [0.717, 1.165) is 24.1 Å². The smallest absolute Gasteiger partial charge is 0.310 e. The second kappa shape index (κ2) is 4.08. The Hall–Kier alpha value is -1.84. The lowest BCUT2D eigenvalue weighted by molar-refractivity contribution is -0.145. The number of nitrogens with one attached hydrogen (secondary N) is 1. The molecule has 2 saturated carbocycles. The number of anilines is 1. The first kappa shape index (κ1) is 11.9. The molecule has 20 heavy (non-hydrogen) atoms. The normalized spacial score (nSPS) is 37.0. The maximum Gasteiger partial charge on any atom is 0.310 e. The van der Waals surface area contributed by atoms with E-state index in [-0.39, 0.29) is 35.7 Å². The number of rotatable bonds is 2. The van der Waals surface area contributed by atoms with Gasteiger partial charge in [0, 0.05) is 11.6 Å². The number of amides is 1. The van der Waals surface area contributed by atoms with Gasteiger partial charge in [-0.2, -0.15) is 0 Å². The van der Waals surface area contributed by atoms with E-state index in [9.17, 15) is 9.59 Å². The molecule has 1 heterocycles. The second-order valence-electron chi connectivity index (χ2n) is 6.23. The number of aryl methyl sites for hydroxylation is 1. The predicted octanol–water partition coefficient (Wildman–Crippen LogP) is 2.13. The molecule has 104 valence electrons. The van der Waals surface area contributed by atoms with Crippen LogP contribution in [0.1, 0.15) is 18.4 Å². The predicted molar refractivity (Wildman–Crippen MR) is 72.9 cm³/mol. The van der Waals surface area contributed by atoms with Gasteiger partial charge in [0.1, 0.15) is 6.10 Å². The Morgan fingerprint density at radius 3 is 2.90 bits per heavy atom. The lowest BCUT2D eigenvalue weighted by atomic mass is 9.79. The molecule has 1 amide bonds. The largest absolute Gasteiger partial charge is 0.462 e. The van der Waals surface area contributed by atoms with E-state index in [4.69, 9.17) is 4.74 Å². The summed E-state index contributed by atoms with van der Waals surface area (Å²) >= 11 is 0. The van der Waals surface area contributed by atoms with Crippen molar-refractivity contribution in [1.29, 1.82) is 0 Å². The van der Waals surface area contributed by atoms with E-state index in [2.05, 4.69) is 5.32 Å². The van der Waals surface area contributed by atoms with Crippen LogP contribution in [0.15, 0.2) is 24.3 Å². The van der Waals surface area contributed by atoms with Crippen molar-refractivity contribution in [1.82, 2.24) is 0 Å². The fourth-order valence-corrected chi connectivity index (χ4v) is 4.29. The zero-order chi connectivity index (χ0) is 13.9. The number of esters is 1. The highest BCUT2D eigenvalue weighted by Gasteiger charge is 2.63. The number of fused-ring (bicyclic) bond motifs is 1. The molecule has 0 aromatic heterocycles. The number of benzene rings is 1. The maximum absolute atomic E-state index is 12.6. The number of carbonyl (C=O) groups excluding carboxylic acids is 2. The van der Waals surface area contributed by atoms with Crippen molar-refractivity contribution in [3.8, 4) is 0 Å². The van der Waals surface area contributed by atoms with Crippen molar-refractivity contribution in [2.45, 2.75) is 25.9 Å². The van der Waals surface area contributed by atoms with Crippen molar-refractivity contribution < 1.29 is 14.3 Å². The fourth-order valence-electron chi connectivity index (χ4n) is 4.29. The number of ether oxygens (including phenoxy) is 1. The molecule has 2 aliphatic carbocycles. The third kappa shape index (κ3) is 1.54. The van der Waals surface area contributed by atoms with Gasteiger partial charge in [-0.1, -0.05) is 18.2 Å². The molecule has 1 aromatic carbocycles. The Bertz CT molecular complexity index is 595. The highest BCUT2D eigenvalue weighted by molar-refractivity contribution is 5.97. The van der Waals surface area contributed by atoms with E-state index in [1.165, 1.54) is 0 Å². The molecule has 0 spiro atoms. The molecule has 4 heteroatoms. The van der Waals surface area contributed by atoms with Crippen molar-refractivity contribution >= 4 is 17.6 Å². The summed E-state index contributed by atoms with van der Waals surface area (Å²) in [6.07, 6.45) is 1.91. The van der Waals surface area contributed by atoms with Gasteiger partial charge in [0.2, 0.25) is 5.91 Å². The van der Waals surface area contributed by atoms with Crippen LogP contribution in [0.4, 0.5) is 5.69 Å². The van der Waals surface area contributed by atoms with Crippen molar-refractivity contribution in [2.24, 2.45) is 23.7 Å². The lowest BCUT2D eigenvalue weighted by Gasteiger charge is -2.23. The number of para-hydroxylation sites is 1. The molecule has 1 aromatic rings. The van der Waals surface area contributed by atoms with Gasteiger partial charge in [0.25, 0.3) is 0 Å². The molecule has 4 rings (SSSR count). The molecule has 1 N–H and O–H groups in total. The summed E-state index contributed by atoms with van der Waals surface area (Å²) in [7, 11) is 0. The van der Waals surface area contributed by atoms with E-state index >= 15 is 0 Å². The Labute approximate surface area is 117 Å². The zero-order valence-electron chi connectivity index (χ0n) is 11.3. The van der Waals surface area contributed by atoms with Crippen LogP contribution in [0.5, 0.6) is 0 Å². The zero-order valence-corrected chi connectivity index (χ0v) is 11.3. The van der Waals surface area contributed by atoms with Gasteiger partial charge in [-0.25, -0.2) is 0 Å². The molecule has 3 aliphatic rings. The van der Waals surface area contributed by atoms with Gasteiger partial charge in [0.05, 0.1) is 11.8 Å². The average molecular weight is 271 g/mol. The van der Waals surface area contributed by atoms with Crippen molar-refractivity contribution in [3.63, 3.8) is 0 Å². The van der Waals surface area contributed by atoms with Gasteiger partial charge in [-0.15, -0.1) is 0 Å². The van der Waals surface area contributed by atoms with Gasteiger partial charge in [-0.05, 0) is 37.3 Å². The van der Waals surface area contributed by atoms with E-state index < -0.39 is 0 Å². The van der Waals surface area contributed by atoms with E-state index in [1.807, 2.05) is 31.2 Å². The Balaban J connectivity index is 1.58. The SMILES string of the molecule is Cc1ccccc1NC(=O)[C@@H]1[C@@H]2C[C@@H]3[C@H]1C(=O)O[C@@H]3C2. The summed E-state index contributed by atoms with van der Waals surface area (Å²) in [5.41, 5.74) is 1.87. The van der Waals surface area contributed by atoms with Crippen LogP contribution in [0.3, 0.4) is 0 Å². The molecule has 2 bridgehead atoms. The minimum Gasteiger partial charge on any atom is -0.462 e. The molecular weight excluding hydrogens is 254 g/mol. The quantitative estimate of drug-likeness (QED) is 0.838. The molecule has 5 atom stereocenters. The van der Waals surface area contributed by atoms with Crippen LogP contribution >= 0.6 is 0 Å². The maximum atomic E-state index is 12.6. The van der Waals surface area contributed by atoms with Gasteiger partial charge in [-0.3, -0.25) is 9.59 Å². The van der Waals surface area contributed by atoms with Gasteiger partial charge in [0.15, 0.2) is 0 Å². The van der Waals surface area contributed by atoms with Crippen LogP contribution < -0.4 is 5.32 Å². The summed E-state index contributed by atoms with van der Waals surface area (Å²) in [6.45, 7) is 1.97. The van der Waals surface area contributed by atoms with Crippen molar-refractivity contribution in [2.75, 3.05) is 5.32 Å². The number of hydrogen-bond acceptors (Lipinski definition) is 3. The minimum atomic E-state index is -0.206. The first-order chi connectivity index (χ1) is 9.65. The number of carbonyl (C=O) groups is 2. The number of hydrogen-bond donors (Lipinski definition) is 1. The first-order valence-electron chi connectivity index (χ1n) is 7.22. The topological polar surface area (TPSA) is 55.4 Å². The van der Waals surface area contributed by atoms with Crippen molar-refractivity contribution in [3.05, 3.63) is 29.8 Å². The van der Waals surface area contributed by atoms with E-state index in [0.29, 0.717) is 5.92 Å². The molecule has 3 fully saturated rings. The summed E-state index contributed by atoms with van der Waals surface area (Å²) < 4.78 is 5.37. The Morgan fingerprint density at radius 2 is 2.10 bits per heavy atom. The molecule has 4 nitrogen and oxygen atoms in total. The first-order valence-corrected chi connectivity index (χ1v) is 7.22. The molecule has 1 saturated heterocycles. The van der Waals surface area contributed by atoms with Crippen LogP contribution in [0.2, 0.25) is 0 Å². The lowest BCUT2D eigenvalue weighted by Crippen LogP contribution is -2.36. The molecule has 0 unspecified atom stereocenters. The van der Waals surface area contributed by atoms with Gasteiger partial charge < -0.3 is 10.1 Å². The average Bonchev–Trinajstić information content (AvgIpc) is 3.02. The minimum absolute atomic E-state index is 0.0194. The molecular formula is C16H17NO3. The third-order valence-corrected chi connectivity index (χ3v) is 5.19. The Morgan fingerprint density at radius 1 is 1.30 bits per heavy atom. The summed E-state index contributed by atoms with van der Waals surface area (Å²) in [5.74, 6) is -0.00162. The third-order valence-electron chi connectivity index (χ3n) is 5.19. The van der Waals surface area contributed by atoms with E-state index in [1.54, 1.807) is 0 Å². The van der Waals surface area contributed by atoms with Crippen LogP contribution in [-0.4, -0.2) is 18.0 Å². The standard InChI is InChI=1S/C16H17NO3/c1-8-4-2-3-5-11(8)17-15(18)13-9-6-10-12(7-9)20-16(19)14(10)13/h2-5,9-10,12-14H,6-7H2,1H3,(H,17,18)/t9-,10+,12-,13-,14-/m1/s1. The summed E-state index contributed by atoms with van der Waals surface area (Å²) in [6, 6.07) is 7.72. The Kier molecular flexibility index (Phi) is 2.43. The summed E-state index contributed by atoms with van der Waals surface area (Å²) in [5, 5.41) is 2.99. The van der Waals surface area contributed by atoms with Gasteiger partial charge >= 0.3 is 5.97 Å². The summed E-state index contributed by atoms with van der Waals surface area (Å²) in [4.78, 5) is 24.5. The monoisotopic (exact) mass is 271 g/mol. The highest BCUT2D eigenvalue weighted by Crippen LogP contribution is 2.57. The molecule has 0 radical (unpaired) electrons. The second-order valence-corrected chi connectivity index (χ2v) is 6.23. The van der Waals surface area contributed by atoms with Crippen LogP contribution in [-0.2, 0) is 14.3 Å². The molecule has 1 aliphatic heterocycles. The fraction of sp³-hybridized carbons (Fsp3) is 0.500.